The van der Waals surface area contributed by atoms with Crippen molar-refractivity contribution in [3.05, 3.63) is 15.6 Å². The zero-order valence-corrected chi connectivity index (χ0v) is 15.0. The van der Waals surface area contributed by atoms with Crippen LogP contribution in [0.5, 0.6) is 0 Å². The van der Waals surface area contributed by atoms with Crippen molar-refractivity contribution < 1.29 is 9.53 Å². The van der Waals surface area contributed by atoms with Gasteiger partial charge in [0.15, 0.2) is 0 Å². The Bertz CT molecular complexity index is 542. The van der Waals surface area contributed by atoms with Crippen LogP contribution >= 0.6 is 11.3 Å². The van der Waals surface area contributed by atoms with E-state index in [9.17, 15) is 4.79 Å². The molecule has 0 spiro atoms. The lowest BCUT2D eigenvalue weighted by atomic mass is 9.97. The average Bonchev–Trinajstić information content (AvgIpc) is 3.28. The quantitative estimate of drug-likeness (QED) is 0.777. The minimum Gasteiger partial charge on any atom is -0.381 e. The molecule has 6 heteroatoms. The fourth-order valence-electron chi connectivity index (χ4n) is 3.06. The first kappa shape index (κ1) is 16.7. The van der Waals surface area contributed by atoms with E-state index in [0.717, 1.165) is 49.8 Å². The summed E-state index contributed by atoms with van der Waals surface area (Å²) in [5, 5.41) is 4.11. The summed E-state index contributed by atoms with van der Waals surface area (Å²) in [6.45, 7) is 4.35. The molecule has 5 nitrogen and oxygen atoms in total. The lowest BCUT2D eigenvalue weighted by Gasteiger charge is -2.30. The van der Waals surface area contributed by atoms with Crippen LogP contribution in [0.1, 0.15) is 53.7 Å². The van der Waals surface area contributed by atoms with E-state index < -0.39 is 0 Å². The second kappa shape index (κ2) is 7.62. The summed E-state index contributed by atoms with van der Waals surface area (Å²) in [6.07, 6.45) is 6.70. The zero-order chi connectivity index (χ0) is 16.2. The van der Waals surface area contributed by atoms with Crippen molar-refractivity contribution in [1.82, 2.24) is 15.2 Å². The molecule has 0 bridgehead atoms. The van der Waals surface area contributed by atoms with Gasteiger partial charge in [0.05, 0.1) is 21.6 Å². The molecule has 0 aromatic carbocycles. The van der Waals surface area contributed by atoms with Gasteiger partial charge in [-0.25, -0.2) is 9.78 Å². The van der Waals surface area contributed by atoms with E-state index in [-0.39, 0.29) is 12.1 Å². The maximum Gasteiger partial charge on any atom is 0.317 e. The van der Waals surface area contributed by atoms with Crippen LogP contribution in [0.4, 0.5) is 4.79 Å². The summed E-state index contributed by atoms with van der Waals surface area (Å²) in [6, 6.07) is 0.187. The Hall–Kier alpha value is -1.14. The fourth-order valence-corrected chi connectivity index (χ4v) is 4.21. The highest BCUT2D eigenvalue weighted by Gasteiger charge is 2.29. The van der Waals surface area contributed by atoms with Gasteiger partial charge in [0, 0.05) is 26.8 Å². The lowest BCUT2D eigenvalue weighted by Crippen LogP contribution is -2.40. The molecular weight excluding hydrogens is 310 g/mol. The number of thiazole rings is 1. The molecule has 128 valence electrons. The topological polar surface area (TPSA) is 54.5 Å². The molecule has 0 radical (unpaired) electrons. The number of hydrogen-bond donors (Lipinski definition) is 1. The number of aromatic nitrogens is 1. The van der Waals surface area contributed by atoms with Gasteiger partial charge in [-0.1, -0.05) is 0 Å². The standard InChI is InChI=1S/C17H27N3O2S/c1-12-19-14-5-3-6-15(16(14)23-12)20(2)17(21)18-9-4-10-22-11-13-7-8-13/h13,15H,3-11H2,1-2H3,(H,18,21)/t15-/m1/s1. The SMILES string of the molecule is Cc1nc2c(s1)[C@H](N(C)C(=O)NCCCOCC1CC1)CCC2. The van der Waals surface area contributed by atoms with Crippen LogP contribution < -0.4 is 5.32 Å². The Morgan fingerprint density at radius 3 is 3.04 bits per heavy atom. The third kappa shape index (κ3) is 4.44. The molecule has 2 aliphatic carbocycles. The van der Waals surface area contributed by atoms with Crippen molar-refractivity contribution in [2.24, 2.45) is 5.92 Å². The van der Waals surface area contributed by atoms with Gasteiger partial charge in [0.2, 0.25) is 0 Å². The molecule has 0 aliphatic heterocycles. The number of carbonyl (C=O) groups excluding carboxylic acids is 1. The van der Waals surface area contributed by atoms with E-state index in [4.69, 9.17) is 4.74 Å². The molecule has 1 saturated carbocycles. The monoisotopic (exact) mass is 337 g/mol. The summed E-state index contributed by atoms with van der Waals surface area (Å²) in [5.74, 6) is 0.805. The zero-order valence-electron chi connectivity index (χ0n) is 14.1. The summed E-state index contributed by atoms with van der Waals surface area (Å²) >= 11 is 1.73. The van der Waals surface area contributed by atoms with Crippen molar-refractivity contribution in [3.8, 4) is 0 Å². The average molecular weight is 337 g/mol. The number of nitrogens with one attached hydrogen (secondary N) is 1. The maximum absolute atomic E-state index is 12.4. The Kier molecular flexibility index (Phi) is 5.54. The number of hydrogen-bond acceptors (Lipinski definition) is 4. The Labute approximate surface area is 142 Å². The van der Waals surface area contributed by atoms with Gasteiger partial charge in [-0.15, -0.1) is 11.3 Å². The molecule has 1 fully saturated rings. The molecule has 1 aromatic heterocycles. The van der Waals surface area contributed by atoms with E-state index in [2.05, 4.69) is 10.3 Å². The number of rotatable bonds is 7. The Morgan fingerprint density at radius 1 is 1.43 bits per heavy atom. The summed E-state index contributed by atoms with van der Waals surface area (Å²) in [5.41, 5.74) is 1.19. The number of urea groups is 1. The van der Waals surface area contributed by atoms with Crippen LogP contribution in [0.25, 0.3) is 0 Å². The molecule has 23 heavy (non-hydrogen) atoms. The number of amides is 2. The van der Waals surface area contributed by atoms with E-state index in [0.29, 0.717) is 6.54 Å². The molecule has 1 N–H and O–H groups in total. The van der Waals surface area contributed by atoms with Gasteiger partial charge in [-0.3, -0.25) is 0 Å². The maximum atomic E-state index is 12.4. The summed E-state index contributed by atoms with van der Waals surface area (Å²) in [4.78, 5) is 20.1. The largest absolute Gasteiger partial charge is 0.381 e. The van der Waals surface area contributed by atoms with Gasteiger partial charge in [0.25, 0.3) is 0 Å². The molecule has 2 amide bonds. The van der Waals surface area contributed by atoms with Crippen molar-refractivity contribution >= 4 is 17.4 Å². The molecule has 1 atom stereocenters. The van der Waals surface area contributed by atoms with Gasteiger partial charge in [-0.05, 0) is 51.4 Å². The fraction of sp³-hybridized carbons (Fsp3) is 0.765. The first-order valence-corrected chi connectivity index (χ1v) is 9.51. The third-order valence-electron chi connectivity index (χ3n) is 4.61. The van der Waals surface area contributed by atoms with E-state index >= 15 is 0 Å². The Morgan fingerprint density at radius 2 is 2.26 bits per heavy atom. The number of aryl methyl sites for hydroxylation is 2. The summed E-state index contributed by atoms with van der Waals surface area (Å²) in [7, 11) is 1.90. The number of nitrogens with zero attached hydrogens (tertiary/aromatic N) is 2. The highest BCUT2D eigenvalue weighted by atomic mass is 32.1. The molecule has 0 saturated heterocycles. The van der Waals surface area contributed by atoms with Crippen LogP contribution in [0, 0.1) is 12.8 Å². The molecular formula is C17H27N3O2S. The third-order valence-corrected chi connectivity index (χ3v) is 5.72. The van der Waals surface area contributed by atoms with Crippen molar-refractivity contribution in [2.75, 3.05) is 26.8 Å². The first-order chi connectivity index (χ1) is 11.1. The van der Waals surface area contributed by atoms with Crippen molar-refractivity contribution in [1.29, 1.82) is 0 Å². The predicted molar refractivity (Wildman–Crippen MR) is 91.9 cm³/mol. The van der Waals surface area contributed by atoms with E-state index in [1.54, 1.807) is 11.3 Å². The van der Waals surface area contributed by atoms with E-state index in [1.807, 2.05) is 18.9 Å². The minimum absolute atomic E-state index is 0.0103. The molecule has 3 rings (SSSR count). The first-order valence-electron chi connectivity index (χ1n) is 8.69. The molecule has 1 heterocycles. The second-order valence-electron chi connectivity index (χ2n) is 6.67. The highest BCUT2D eigenvalue weighted by molar-refractivity contribution is 7.11. The van der Waals surface area contributed by atoms with Crippen molar-refractivity contribution in [2.45, 2.75) is 51.5 Å². The molecule has 0 unspecified atom stereocenters. The van der Waals surface area contributed by atoms with Gasteiger partial charge < -0.3 is 15.0 Å². The summed E-state index contributed by atoms with van der Waals surface area (Å²) < 4.78 is 5.59. The number of ether oxygens (including phenoxy) is 1. The van der Waals surface area contributed by atoms with Crippen LogP contribution in [0.15, 0.2) is 0 Å². The van der Waals surface area contributed by atoms with Crippen LogP contribution in [-0.2, 0) is 11.2 Å². The van der Waals surface area contributed by atoms with Gasteiger partial charge >= 0.3 is 6.03 Å². The normalized spacial score (nSPS) is 20.2. The van der Waals surface area contributed by atoms with Crippen LogP contribution in [0.3, 0.4) is 0 Å². The minimum atomic E-state index is 0.0103. The molecule has 2 aliphatic rings. The second-order valence-corrected chi connectivity index (χ2v) is 7.90. The molecule has 1 aromatic rings. The predicted octanol–water partition coefficient (Wildman–Crippen LogP) is 3.29. The van der Waals surface area contributed by atoms with Gasteiger partial charge in [-0.2, -0.15) is 0 Å². The van der Waals surface area contributed by atoms with Gasteiger partial charge in [0.1, 0.15) is 0 Å². The van der Waals surface area contributed by atoms with Crippen LogP contribution in [0.2, 0.25) is 0 Å². The number of carbonyl (C=O) groups is 1. The number of fused-ring (bicyclic) bond motifs is 1. The lowest BCUT2D eigenvalue weighted by molar-refractivity contribution is 0.121. The Balaban J connectivity index is 1.42. The highest BCUT2D eigenvalue weighted by Crippen LogP contribution is 2.37. The van der Waals surface area contributed by atoms with Crippen LogP contribution in [-0.4, -0.2) is 42.7 Å². The van der Waals surface area contributed by atoms with E-state index in [1.165, 1.54) is 23.4 Å². The smallest absolute Gasteiger partial charge is 0.317 e. The van der Waals surface area contributed by atoms with Crippen molar-refractivity contribution in [3.63, 3.8) is 0 Å².